The molecule has 1 aliphatic heterocycles. The van der Waals surface area contributed by atoms with Crippen LogP contribution in [0.25, 0.3) is 0 Å². The number of rotatable bonds is 10. The summed E-state index contributed by atoms with van der Waals surface area (Å²) in [6.45, 7) is 10.6. The van der Waals surface area contributed by atoms with E-state index >= 15 is 0 Å². The average molecular weight is 528 g/mol. The van der Waals surface area contributed by atoms with Crippen LogP contribution >= 0.6 is 0 Å². The van der Waals surface area contributed by atoms with Crippen LogP contribution in [0.15, 0.2) is 70.5 Å². The summed E-state index contributed by atoms with van der Waals surface area (Å²) in [6.07, 6.45) is 36.5. The lowest BCUT2D eigenvalue weighted by molar-refractivity contribution is 0.321. The molecular formula is C38H57N. The molecule has 0 bridgehead atoms. The molecule has 5 rings (SSSR count). The maximum absolute atomic E-state index is 4.58. The van der Waals surface area contributed by atoms with E-state index in [0.717, 1.165) is 30.2 Å². The fourth-order valence-electron chi connectivity index (χ4n) is 8.83. The van der Waals surface area contributed by atoms with E-state index in [1.807, 2.05) is 11.1 Å². The van der Waals surface area contributed by atoms with E-state index in [9.17, 15) is 0 Å². The topological polar surface area (TPSA) is 12.0 Å². The van der Waals surface area contributed by atoms with Crippen LogP contribution in [0.5, 0.6) is 0 Å². The summed E-state index contributed by atoms with van der Waals surface area (Å²) in [7, 11) is 0. The molecule has 1 fully saturated rings. The Kier molecular flexibility index (Phi) is 10.5. The van der Waals surface area contributed by atoms with E-state index in [4.69, 9.17) is 0 Å². The van der Waals surface area contributed by atoms with E-state index in [1.54, 1.807) is 16.7 Å². The first kappa shape index (κ1) is 28.8. The van der Waals surface area contributed by atoms with E-state index < -0.39 is 0 Å². The molecule has 0 saturated heterocycles. The molecule has 214 valence electrons. The molecule has 0 spiro atoms. The highest BCUT2D eigenvalue weighted by Crippen LogP contribution is 2.44. The van der Waals surface area contributed by atoms with Gasteiger partial charge in [-0.2, -0.15) is 0 Å². The van der Waals surface area contributed by atoms with Gasteiger partial charge in [-0.3, -0.25) is 0 Å². The van der Waals surface area contributed by atoms with Crippen LogP contribution < -0.4 is 5.32 Å². The van der Waals surface area contributed by atoms with Crippen LogP contribution in [-0.4, -0.2) is 6.54 Å². The third kappa shape index (κ3) is 7.12. The minimum Gasteiger partial charge on any atom is -0.391 e. The summed E-state index contributed by atoms with van der Waals surface area (Å²) in [5.41, 5.74) is 10.3. The van der Waals surface area contributed by atoms with Crippen LogP contribution in [0.4, 0.5) is 0 Å². The smallest absolute Gasteiger partial charge is 0.0210 e. The van der Waals surface area contributed by atoms with Crippen LogP contribution in [0.3, 0.4) is 0 Å². The molecule has 4 aliphatic carbocycles. The SMILES string of the molecule is C=C1CCCC/C1=C(/CCCC1C=CC(C2C=CNC2)CC1)C1=CCC(C(CC)C2=C(CC)CCCC2)CC1. The van der Waals surface area contributed by atoms with Gasteiger partial charge in [-0.1, -0.05) is 61.4 Å². The van der Waals surface area contributed by atoms with Crippen molar-refractivity contribution >= 4 is 0 Å². The van der Waals surface area contributed by atoms with Crippen LogP contribution in [-0.2, 0) is 0 Å². The molecule has 0 aromatic heterocycles. The summed E-state index contributed by atoms with van der Waals surface area (Å²) < 4.78 is 0. The molecule has 1 saturated carbocycles. The Hall–Kier alpha value is -1.76. The first-order chi connectivity index (χ1) is 19.2. The monoisotopic (exact) mass is 527 g/mol. The van der Waals surface area contributed by atoms with Crippen molar-refractivity contribution in [2.75, 3.05) is 6.54 Å². The molecule has 1 N–H and O–H groups in total. The van der Waals surface area contributed by atoms with Gasteiger partial charge in [0.15, 0.2) is 0 Å². The molecule has 0 aromatic rings. The molecule has 0 amide bonds. The Morgan fingerprint density at radius 2 is 1.77 bits per heavy atom. The van der Waals surface area contributed by atoms with Gasteiger partial charge >= 0.3 is 0 Å². The summed E-state index contributed by atoms with van der Waals surface area (Å²) in [6, 6.07) is 0. The van der Waals surface area contributed by atoms with E-state index in [1.165, 1.54) is 121 Å². The molecule has 39 heavy (non-hydrogen) atoms. The maximum atomic E-state index is 4.58. The third-order valence-electron chi connectivity index (χ3n) is 11.2. The second-order valence-corrected chi connectivity index (χ2v) is 13.4. The van der Waals surface area contributed by atoms with E-state index in [2.05, 4.69) is 56.2 Å². The Morgan fingerprint density at radius 1 is 0.923 bits per heavy atom. The van der Waals surface area contributed by atoms with Gasteiger partial charge in [0.05, 0.1) is 0 Å². The largest absolute Gasteiger partial charge is 0.391 e. The van der Waals surface area contributed by atoms with Gasteiger partial charge in [-0.25, -0.2) is 0 Å². The summed E-state index contributed by atoms with van der Waals surface area (Å²) in [4.78, 5) is 0. The molecule has 1 heteroatoms. The quantitative estimate of drug-likeness (QED) is 0.279. The molecule has 0 radical (unpaired) electrons. The third-order valence-corrected chi connectivity index (χ3v) is 11.2. The van der Waals surface area contributed by atoms with Gasteiger partial charge in [-0.05, 0) is 162 Å². The fourth-order valence-corrected chi connectivity index (χ4v) is 8.83. The Balaban J connectivity index is 1.24. The molecule has 1 heterocycles. The second-order valence-electron chi connectivity index (χ2n) is 13.4. The molecular weight excluding hydrogens is 470 g/mol. The van der Waals surface area contributed by atoms with E-state index in [0.29, 0.717) is 5.92 Å². The normalized spacial score (nSPS) is 31.7. The van der Waals surface area contributed by atoms with Crippen molar-refractivity contribution in [3.05, 3.63) is 70.5 Å². The molecule has 5 unspecified atom stereocenters. The minimum atomic E-state index is 0.716. The maximum Gasteiger partial charge on any atom is 0.0210 e. The predicted molar refractivity (Wildman–Crippen MR) is 169 cm³/mol. The van der Waals surface area contributed by atoms with Crippen molar-refractivity contribution in [1.82, 2.24) is 5.32 Å². The lowest BCUT2D eigenvalue weighted by Gasteiger charge is -2.35. The fraction of sp³-hybridized carbons (Fsp3) is 0.684. The van der Waals surface area contributed by atoms with Gasteiger partial charge in [0.2, 0.25) is 0 Å². The van der Waals surface area contributed by atoms with Crippen molar-refractivity contribution in [3.63, 3.8) is 0 Å². The van der Waals surface area contributed by atoms with Gasteiger partial charge in [-0.15, -0.1) is 0 Å². The lowest BCUT2D eigenvalue weighted by atomic mass is 9.70. The minimum absolute atomic E-state index is 0.716. The summed E-state index contributed by atoms with van der Waals surface area (Å²) >= 11 is 0. The van der Waals surface area contributed by atoms with Gasteiger partial charge in [0, 0.05) is 12.5 Å². The van der Waals surface area contributed by atoms with Crippen molar-refractivity contribution in [3.8, 4) is 0 Å². The zero-order chi connectivity index (χ0) is 27.0. The summed E-state index contributed by atoms with van der Waals surface area (Å²) in [5.74, 6) is 3.94. The summed E-state index contributed by atoms with van der Waals surface area (Å²) in [5, 5.41) is 3.39. The highest BCUT2D eigenvalue weighted by molar-refractivity contribution is 5.45. The van der Waals surface area contributed by atoms with Crippen molar-refractivity contribution in [1.29, 1.82) is 0 Å². The Bertz CT molecular complexity index is 1000. The number of hydrogen-bond acceptors (Lipinski definition) is 1. The van der Waals surface area contributed by atoms with E-state index in [-0.39, 0.29) is 0 Å². The molecule has 5 aliphatic rings. The molecule has 1 nitrogen and oxygen atoms in total. The highest BCUT2D eigenvalue weighted by Gasteiger charge is 2.30. The first-order valence-electron chi connectivity index (χ1n) is 17.1. The number of nitrogens with one attached hydrogen (secondary N) is 1. The predicted octanol–water partition coefficient (Wildman–Crippen LogP) is 10.9. The lowest BCUT2D eigenvalue weighted by Crippen LogP contribution is -2.22. The van der Waals surface area contributed by atoms with Gasteiger partial charge < -0.3 is 5.32 Å². The van der Waals surface area contributed by atoms with Gasteiger partial charge in [0.1, 0.15) is 0 Å². The second kappa shape index (κ2) is 14.2. The van der Waals surface area contributed by atoms with Gasteiger partial charge in [0.25, 0.3) is 0 Å². The van der Waals surface area contributed by atoms with Crippen molar-refractivity contribution in [2.24, 2.45) is 29.6 Å². The zero-order valence-electron chi connectivity index (χ0n) is 25.4. The molecule has 5 atom stereocenters. The standard InChI is InChI=1S/C38H57N/c1-4-30-13-7-9-15-37(30)35(5-2)32-21-23-33(24-22-32)38(36-14-8-6-11-28(36)3)16-10-12-29-17-19-31(20-18-29)34-25-26-39-27-34/h17,19,23,25-26,29,31-32,34-35,39H,3-16,18,20-22,24,27H2,1-2H3/b38-36+. The average Bonchev–Trinajstić information content (AvgIpc) is 3.53. The number of allylic oxidation sites excluding steroid dienone is 9. The Labute approximate surface area is 241 Å². The molecule has 0 aromatic carbocycles. The zero-order valence-corrected chi connectivity index (χ0v) is 25.4. The highest BCUT2D eigenvalue weighted by atomic mass is 14.9. The van der Waals surface area contributed by atoms with Crippen molar-refractivity contribution < 1.29 is 0 Å². The Morgan fingerprint density at radius 3 is 2.46 bits per heavy atom. The van der Waals surface area contributed by atoms with Crippen LogP contribution in [0, 0.1) is 29.6 Å². The number of hydrogen-bond donors (Lipinski definition) is 1. The van der Waals surface area contributed by atoms with Crippen LogP contribution in [0.1, 0.15) is 129 Å². The van der Waals surface area contributed by atoms with Crippen molar-refractivity contribution in [2.45, 2.75) is 129 Å². The van der Waals surface area contributed by atoms with Crippen LogP contribution in [0.2, 0.25) is 0 Å². The first-order valence-corrected chi connectivity index (χ1v) is 17.1.